The van der Waals surface area contributed by atoms with Crippen molar-refractivity contribution in [1.82, 2.24) is 15.6 Å². The van der Waals surface area contributed by atoms with Crippen LogP contribution in [0.15, 0.2) is 55.2 Å². The maximum atomic E-state index is 13.3. The Morgan fingerprint density at radius 1 is 1.29 bits per heavy atom. The number of nitrogens with zero attached hydrogens (tertiary/aromatic N) is 1. The third kappa shape index (κ3) is 4.32. The van der Waals surface area contributed by atoms with Crippen molar-refractivity contribution >= 4 is 22.9 Å². The first-order valence-corrected chi connectivity index (χ1v) is 10.7. The Balaban J connectivity index is 1.62. The molecule has 5 nitrogen and oxygen atoms in total. The van der Waals surface area contributed by atoms with E-state index in [1.165, 1.54) is 0 Å². The number of rotatable bonds is 8. The molecule has 160 valence electrons. The first-order chi connectivity index (χ1) is 15.0. The van der Waals surface area contributed by atoms with Gasteiger partial charge in [-0.3, -0.25) is 9.78 Å². The van der Waals surface area contributed by atoms with E-state index in [0.717, 1.165) is 40.4 Å². The van der Waals surface area contributed by atoms with Gasteiger partial charge in [-0.25, -0.2) is 0 Å². The van der Waals surface area contributed by atoms with E-state index in [4.69, 9.17) is 4.74 Å². The van der Waals surface area contributed by atoms with Gasteiger partial charge in [0.25, 0.3) is 5.91 Å². The molecule has 0 spiro atoms. The number of aromatic nitrogens is 1. The maximum absolute atomic E-state index is 13.3. The molecule has 2 N–H and O–H groups in total. The number of nitrogens with one attached hydrogen (secondary N) is 2. The predicted octanol–water partition coefficient (Wildman–Crippen LogP) is 4.59. The monoisotopic (exact) mass is 415 g/mol. The summed E-state index contributed by atoms with van der Waals surface area (Å²) >= 11 is 0. The Bertz CT molecular complexity index is 1130. The molecule has 1 aliphatic carbocycles. The van der Waals surface area contributed by atoms with Crippen molar-refractivity contribution in [1.29, 1.82) is 0 Å². The minimum atomic E-state index is -0.374. The summed E-state index contributed by atoms with van der Waals surface area (Å²) in [5.41, 5.74) is 4.22. The number of hydrogen-bond acceptors (Lipinski definition) is 4. The van der Waals surface area contributed by atoms with Crippen molar-refractivity contribution < 1.29 is 9.53 Å². The van der Waals surface area contributed by atoms with E-state index in [0.29, 0.717) is 17.9 Å². The van der Waals surface area contributed by atoms with E-state index in [1.54, 1.807) is 6.20 Å². The van der Waals surface area contributed by atoms with Gasteiger partial charge in [-0.2, -0.15) is 0 Å². The quantitative estimate of drug-likeness (QED) is 0.565. The van der Waals surface area contributed by atoms with Crippen molar-refractivity contribution in [2.45, 2.75) is 38.3 Å². The fourth-order valence-corrected chi connectivity index (χ4v) is 3.83. The second kappa shape index (κ2) is 8.52. The van der Waals surface area contributed by atoms with Gasteiger partial charge in [0, 0.05) is 23.2 Å². The molecule has 4 rings (SSSR count). The van der Waals surface area contributed by atoms with Gasteiger partial charge in [-0.15, -0.1) is 0 Å². The van der Waals surface area contributed by atoms with E-state index in [2.05, 4.69) is 41.3 Å². The predicted molar refractivity (Wildman–Crippen MR) is 125 cm³/mol. The molecule has 0 aliphatic heterocycles. The molecule has 1 saturated carbocycles. The molecule has 3 aromatic rings. The van der Waals surface area contributed by atoms with Crippen LogP contribution >= 0.6 is 0 Å². The zero-order valence-corrected chi connectivity index (χ0v) is 18.4. The van der Waals surface area contributed by atoms with Gasteiger partial charge in [0.2, 0.25) is 0 Å². The van der Waals surface area contributed by atoms with Crippen molar-refractivity contribution in [2.24, 2.45) is 0 Å². The standard InChI is InChI=1S/C26H29N3O2/c1-5-19-13-23(21-7-6-12-28-24(21)14-19)26(10-11-26)29-25(30)22-15-20(9-8-17(22)2)31-16-18(3)27-4/h5-9,12-15,18,27H,1,10-11,16H2,2-4H3,(H,29,30). The molecule has 1 heterocycles. The number of likely N-dealkylation sites (N-methyl/N-ethyl adjacent to an activating group) is 1. The Kier molecular flexibility index (Phi) is 5.79. The van der Waals surface area contributed by atoms with Gasteiger partial charge in [0.15, 0.2) is 0 Å². The average molecular weight is 416 g/mol. The molecule has 1 aliphatic rings. The number of fused-ring (bicyclic) bond motifs is 1. The lowest BCUT2D eigenvalue weighted by atomic mass is 9.95. The van der Waals surface area contributed by atoms with Gasteiger partial charge in [-0.05, 0) is 80.8 Å². The van der Waals surface area contributed by atoms with E-state index < -0.39 is 0 Å². The highest BCUT2D eigenvalue weighted by Crippen LogP contribution is 2.48. The molecule has 31 heavy (non-hydrogen) atoms. The number of carbonyl (C=O) groups is 1. The summed E-state index contributed by atoms with van der Waals surface area (Å²) in [5.74, 6) is 0.620. The maximum Gasteiger partial charge on any atom is 0.252 e. The number of hydrogen-bond donors (Lipinski definition) is 2. The van der Waals surface area contributed by atoms with E-state index in [1.807, 2.05) is 50.4 Å². The SMILES string of the molecule is C=Cc1cc(C2(NC(=O)c3cc(OCC(C)NC)ccc3C)CC2)c2cccnc2c1. The molecular formula is C26H29N3O2. The number of aryl methyl sites for hydroxylation is 1. The molecular weight excluding hydrogens is 386 g/mol. The van der Waals surface area contributed by atoms with E-state index >= 15 is 0 Å². The van der Waals surface area contributed by atoms with Crippen molar-refractivity contribution in [3.8, 4) is 5.75 Å². The van der Waals surface area contributed by atoms with Gasteiger partial charge in [-0.1, -0.05) is 24.8 Å². The fraction of sp³-hybridized carbons (Fsp3) is 0.308. The van der Waals surface area contributed by atoms with Crippen molar-refractivity contribution in [3.05, 3.63) is 77.5 Å². The van der Waals surface area contributed by atoms with Gasteiger partial charge in [0.1, 0.15) is 12.4 Å². The molecule has 5 heteroatoms. The molecule has 1 unspecified atom stereocenters. The summed E-state index contributed by atoms with van der Waals surface area (Å²) in [6.07, 6.45) is 5.42. The topological polar surface area (TPSA) is 63.2 Å². The van der Waals surface area contributed by atoms with E-state index in [9.17, 15) is 4.79 Å². The summed E-state index contributed by atoms with van der Waals surface area (Å²) in [4.78, 5) is 17.8. The van der Waals surface area contributed by atoms with Gasteiger partial charge < -0.3 is 15.4 Å². The number of benzene rings is 2. The highest BCUT2D eigenvalue weighted by atomic mass is 16.5. The Morgan fingerprint density at radius 2 is 2.10 bits per heavy atom. The minimum absolute atomic E-state index is 0.0804. The molecule has 0 radical (unpaired) electrons. The molecule has 0 bridgehead atoms. The fourth-order valence-electron chi connectivity index (χ4n) is 3.83. The molecule has 1 atom stereocenters. The van der Waals surface area contributed by atoms with Gasteiger partial charge >= 0.3 is 0 Å². The largest absolute Gasteiger partial charge is 0.492 e. The Morgan fingerprint density at radius 3 is 2.81 bits per heavy atom. The smallest absolute Gasteiger partial charge is 0.252 e. The third-order valence-corrected chi connectivity index (χ3v) is 6.04. The van der Waals surface area contributed by atoms with E-state index in [-0.39, 0.29) is 17.5 Å². The first kappa shape index (κ1) is 21.1. The first-order valence-electron chi connectivity index (χ1n) is 10.7. The summed E-state index contributed by atoms with van der Waals surface area (Å²) in [5, 5.41) is 7.54. The normalized spacial score (nSPS) is 15.3. The number of pyridine rings is 1. The van der Waals surface area contributed by atoms with Crippen LogP contribution in [-0.4, -0.2) is 30.6 Å². The highest BCUT2D eigenvalue weighted by Gasteiger charge is 2.47. The molecule has 1 fully saturated rings. The second-order valence-electron chi connectivity index (χ2n) is 8.36. The zero-order chi connectivity index (χ0) is 22.0. The van der Waals surface area contributed by atoms with Gasteiger partial charge in [0.05, 0.1) is 11.1 Å². The minimum Gasteiger partial charge on any atom is -0.492 e. The third-order valence-electron chi connectivity index (χ3n) is 6.04. The molecule has 0 saturated heterocycles. The molecule has 1 aromatic heterocycles. The number of amides is 1. The molecule has 2 aromatic carbocycles. The summed E-state index contributed by atoms with van der Waals surface area (Å²) in [6.45, 7) is 8.45. The summed E-state index contributed by atoms with van der Waals surface area (Å²) in [7, 11) is 1.90. The average Bonchev–Trinajstić information content (AvgIpc) is 3.57. The lowest BCUT2D eigenvalue weighted by molar-refractivity contribution is 0.0930. The van der Waals surface area contributed by atoms with Crippen LogP contribution in [0, 0.1) is 6.92 Å². The van der Waals surface area contributed by atoms with Crippen LogP contribution in [0.5, 0.6) is 5.75 Å². The number of carbonyl (C=O) groups excluding carboxylic acids is 1. The Labute approximate surface area is 183 Å². The van der Waals surface area contributed by atoms with Crippen LogP contribution in [0.1, 0.15) is 46.8 Å². The zero-order valence-electron chi connectivity index (χ0n) is 18.4. The van der Waals surface area contributed by atoms with Crippen LogP contribution in [0.3, 0.4) is 0 Å². The summed E-state index contributed by atoms with van der Waals surface area (Å²) < 4.78 is 5.86. The Hall–Kier alpha value is -3.18. The van der Waals surface area contributed by atoms with Crippen molar-refractivity contribution in [2.75, 3.05) is 13.7 Å². The second-order valence-corrected chi connectivity index (χ2v) is 8.36. The van der Waals surface area contributed by atoms with Crippen LogP contribution in [0.25, 0.3) is 17.0 Å². The molecule has 1 amide bonds. The van der Waals surface area contributed by atoms with Crippen molar-refractivity contribution in [3.63, 3.8) is 0 Å². The van der Waals surface area contributed by atoms with Crippen LogP contribution < -0.4 is 15.4 Å². The highest BCUT2D eigenvalue weighted by molar-refractivity contribution is 5.97. The van der Waals surface area contributed by atoms with Crippen LogP contribution in [0.2, 0.25) is 0 Å². The van der Waals surface area contributed by atoms with Crippen LogP contribution in [-0.2, 0) is 5.54 Å². The summed E-state index contributed by atoms with van der Waals surface area (Å²) in [6, 6.07) is 14.1. The lowest BCUT2D eigenvalue weighted by Crippen LogP contribution is -2.35. The lowest BCUT2D eigenvalue weighted by Gasteiger charge is -2.21. The van der Waals surface area contributed by atoms with Crippen LogP contribution in [0.4, 0.5) is 0 Å². The number of ether oxygens (including phenoxy) is 1.